The first-order valence-electron chi connectivity index (χ1n) is 9.92. The monoisotopic (exact) mass is 438 g/mol. The molecule has 3 rings (SSSR count). The molecule has 0 saturated heterocycles. The highest BCUT2D eigenvalue weighted by atomic mass is 16.5. The summed E-state index contributed by atoms with van der Waals surface area (Å²) in [6.07, 6.45) is 1.48. The number of benzene rings is 1. The normalized spacial score (nSPS) is 10.5. The summed E-state index contributed by atoms with van der Waals surface area (Å²) in [6.45, 7) is 3.77. The third-order valence-corrected chi connectivity index (χ3v) is 4.84. The Labute approximate surface area is 186 Å². The maximum absolute atomic E-state index is 13.2. The molecule has 0 aliphatic rings. The number of carbonyl (C=O) groups excluding carboxylic acids is 2. The van der Waals surface area contributed by atoms with Crippen molar-refractivity contribution in [1.82, 2.24) is 19.7 Å². The summed E-state index contributed by atoms with van der Waals surface area (Å²) in [4.78, 5) is 31.0. The van der Waals surface area contributed by atoms with Crippen molar-refractivity contribution in [1.29, 1.82) is 0 Å². The van der Waals surface area contributed by atoms with Crippen LogP contribution < -0.4 is 9.47 Å². The molecule has 2 heterocycles. The second-order valence-corrected chi connectivity index (χ2v) is 7.20. The zero-order valence-corrected chi connectivity index (χ0v) is 18.8. The maximum atomic E-state index is 13.2. The van der Waals surface area contributed by atoms with Crippen LogP contribution in [-0.2, 0) is 16.1 Å². The molecule has 0 bridgehead atoms. The van der Waals surface area contributed by atoms with Crippen molar-refractivity contribution < 1.29 is 23.8 Å². The predicted molar refractivity (Wildman–Crippen MR) is 117 cm³/mol. The molecule has 0 unspecified atom stereocenters. The van der Waals surface area contributed by atoms with Crippen LogP contribution in [0.4, 0.5) is 0 Å². The smallest absolute Gasteiger partial charge is 0.325 e. The molecular weight excluding hydrogens is 412 g/mol. The number of rotatable bonds is 8. The third-order valence-electron chi connectivity index (χ3n) is 4.84. The van der Waals surface area contributed by atoms with Crippen LogP contribution in [0.5, 0.6) is 11.5 Å². The summed E-state index contributed by atoms with van der Waals surface area (Å²) in [6, 6.07) is 10.6. The zero-order valence-electron chi connectivity index (χ0n) is 18.8. The number of aromatic nitrogens is 3. The summed E-state index contributed by atoms with van der Waals surface area (Å²) in [5, 5.41) is 4.40. The molecule has 0 fully saturated rings. The van der Waals surface area contributed by atoms with E-state index in [4.69, 9.17) is 14.2 Å². The lowest BCUT2D eigenvalue weighted by Gasteiger charge is -2.22. The minimum atomic E-state index is -0.527. The van der Waals surface area contributed by atoms with Gasteiger partial charge in [-0.1, -0.05) is 0 Å². The Kier molecular flexibility index (Phi) is 7.09. The molecule has 32 heavy (non-hydrogen) atoms. The van der Waals surface area contributed by atoms with Crippen LogP contribution in [-0.4, -0.2) is 59.4 Å². The van der Waals surface area contributed by atoms with Crippen LogP contribution in [0.15, 0.2) is 42.6 Å². The van der Waals surface area contributed by atoms with Crippen molar-refractivity contribution in [2.45, 2.75) is 20.4 Å². The number of ether oxygens (including phenoxy) is 3. The first-order valence-corrected chi connectivity index (χ1v) is 9.92. The van der Waals surface area contributed by atoms with Crippen molar-refractivity contribution in [3.05, 3.63) is 65.1 Å². The van der Waals surface area contributed by atoms with E-state index < -0.39 is 5.97 Å². The van der Waals surface area contributed by atoms with Crippen molar-refractivity contribution in [3.63, 3.8) is 0 Å². The van der Waals surface area contributed by atoms with E-state index in [1.54, 1.807) is 49.2 Å². The van der Waals surface area contributed by atoms with E-state index >= 15 is 0 Å². The van der Waals surface area contributed by atoms with Gasteiger partial charge in [-0.3, -0.25) is 9.59 Å². The molecular formula is C23H26N4O5. The van der Waals surface area contributed by atoms with Gasteiger partial charge in [-0.15, -0.1) is 0 Å². The lowest BCUT2D eigenvalue weighted by atomic mass is 10.1. The lowest BCUT2D eigenvalue weighted by molar-refractivity contribution is -0.141. The van der Waals surface area contributed by atoms with Gasteiger partial charge < -0.3 is 19.1 Å². The Morgan fingerprint density at radius 3 is 2.19 bits per heavy atom. The summed E-state index contributed by atoms with van der Waals surface area (Å²) >= 11 is 0. The maximum Gasteiger partial charge on any atom is 0.325 e. The topological polar surface area (TPSA) is 95.8 Å². The standard InChI is InChI=1S/C23H26N4O5/c1-15-8-16(2)27(25-15)21-7-6-18(12-24-21)23(29)26(14-22(28)32-5)13-17-9-19(30-3)11-20(10-17)31-4/h6-12H,13-14H2,1-5H3. The number of methoxy groups -OCH3 is 3. The Balaban J connectivity index is 1.87. The van der Waals surface area contributed by atoms with Crippen LogP contribution in [0.3, 0.4) is 0 Å². The Bertz CT molecular complexity index is 1090. The molecule has 0 aliphatic carbocycles. The molecule has 0 spiro atoms. The third kappa shape index (κ3) is 5.23. The number of amides is 1. The second-order valence-electron chi connectivity index (χ2n) is 7.20. The molecule has 0 atom stereocenters. The summed E-state index contributed by atoms with van der Waals surface area (Å²) < 4.78 is 17.1. The van der Waals surface area contributed by atoms with E-state index in [9.17, 15) is 9.59 Å². The molecule has 0 radical (unpaired) electrons. The van der Waals surface area contributed by atoms with Crippen molar-refractivity contribution in [3.8, 4) is 17.3 Å². The molecule has 9 nitrogen and oxygen atoms in total. The summed E-state index contributed by atoms with van der Waals surface area (Å²) in [5.74, 6) is 0.885. The number of carbonyl (C=O) groups is 2. The van der Waals surface area contributed by atoms with Gasteiger partial charge in [0.25, 0.3) is 5.91 Å². The fourth-order valence-corrected chi connectivity index (χ4v) is 3.28. The van der Waals surface area contributed by atoms with Gasteiger partial charge in [-0.2, -0.15) is 5.10 Å². The van der Waals surface area contributed by atoms with Crippen LogP contribution in [0.1, 0.15) is 27.3 Å². The average molecular weight is 438 g/mol. The van der Waals surface area contributed by atoms with Crippen LogP contribution in [0.2, 0.25) is 0 Å². The minimum absolute atomic E-state index is 0.153. The summed E-state index contributed by atoms with van der Waals surface area (Å²) in [5.41, 5.74) is 2.90. The molecule has 2 aromatic heterocycles. The highest BCUT2D eigenvalue weighted by molar-refractivity contribution is 5.95. The van der Waals surface area contributed by atoms with Gasteiger partial charge in [0.05, 0.1) is 32.6 Å². The zero-order chi connectivity index (χ0) is 23.3. The van der Waals surface area contributed by atoms with E-state index in [0.717, 1.165) is 17.0 Å². The Hall–Kier alpha value is -3.88. The molecule has 1 amide bonds. The fraction of sp³-hybridized carbons (Fsp3) is 0.304. The molecule has 9 heteroatoms. The van der Waals surface area contributed by atoms with Crippen LogP contribution in [0.25, 0.3) is 5.82 Å². The molecule has 168 valence electrons. The number of pyridine rings is 1. The molecule has 0 aliphatic heterocycles. The number of hydrogen-bond donors (Lipinski definition) is 0. The van der Waals surface area contributed by atoms with E-state index in [2.05, 4.69) is 10.1 Å². The first-order chi connectivity index (χ1) is 15.3. The van der Waals surface area contributed by atoms with Crippen LogP contribution in [0, 0.1) is 13.8 Å². The first kappa shape index (κ1) is 22.8. The Morgan fingerprint density at radius 2 is 1.69 bits per heavy atom. The second kappa shape index (κ2) is 9.95. The van der Waals surface area contributed by atoms with E-state index in [1.165, 1.54) is 18.2 Å². The SMILES string of the molecule is COC(=O)CN(Cc1cc(OC)cc(OC)c1)C(=O)c1ccc(-n2nc(C)cc2C)nc1. The Morgan fingerprint density at radius 1 is 1.00 bits per heavy atom. The van der Waals surface area contributed by atoms with Crippen molar-refractivity contribution >= 4 is 11.9 Å². The van der Waals surface area contributed by atoms with Gasteiger partial charge in [0.15, 0.2) is 5.82 Å². The van der Waals surface area contributed by atoms with Crippen LogP contribution >= 0.6 is 0 Å². The number of nitrogens with zero attached hydrogens (tertiary/aromatic N) is 4. The molecule has 3 aromatic rings. The van der Waals surface area contributed by atoms with E-state index in [1.807, 2.05) is 19.9 Å². The molecule has 1 aromatic carbocycles. The number of esters is 1. The highest BCUT2D eigenvalue weighted by Crippen LogP contribution is 2.24. The largest absolute Gasteiger partial charge is 0.497 e. The minimum Gasteiger partial charge on any atom is -0.497 e. The number of aryl methyl sites for hydroxylation is 2. The van der Waals surface area contributed by atoms with E-state index in [-0.39, 0.29) is 19.0 Å². The summed E-state index contributed by atoms with van der Waals surface area (Å²) in [7, 11) is 4.38. The quantitative estimate of drug-likeness (QED) is 0.499. The molecule has 0 saturated carbocycles. The predicted octanol–water partition coefficient (Wildman–Crippen LogP) is 2.72. The average Bonchev–Trinajstić information content (AvgIpc) is 3.15. The van der Waals surface area contributed by atoms with E-state index in [0.29, 0.717) is 22.9 Å². The van der Waals surface area contributed by atoms with Gasteiger partial charge in [-0.25, -0.2) is 9.67 Å². The van der Waals surface area contributed by atoms with Crippen molar-refractivity contribution in [2.75, 3.05) is 27.9 Å². The fourth-order valence-electron chi connectivity index (χ4n) is 3.28. The lowest BCUT2D eigenvalue weighted by Crippen LogP contribution is -2.35. The van der Waals surface area contributed by atoms with Gasteiger partial charge in [-0.05, 0) is 49.7 Å². The van der Waals surface area contributed by atoms with Crippen molar-refractivity contribution in [2.24, 2.45) is 0 Å². The van der Waals surface area contributed by atoms with Gasteiger partial charge in [0, 0.05) is 24.5 Å². The molecule has 0 N–H and O–H groups in total. The number of hydrogen-bond acceptors (Lipinski definition) is 7. The van der Waals surface area contributed by atoms with Gasteiger partial charge in [0.1, 0.15) is 18.0 Å². The van der Waals surface area contributed by atoms with Gasteiger partial charge in [0.2, 0.25) is 0 Å². The van der Waals surface area contributed by atoms with Gasteiger partial charge >= 0.3 is 5.97 Å². The highest BCUT2D eigenvalue weighted by Gasteiger charge is 2.21.